The van der Waals surface area contributed by atoms with Gasteiger partial charge in [0.25, 0.3) is 5.91 Å². The SMILES string of the molecule is O=C(c1cnc(NCc2ccc(Oc3cccnc3)c(F)c2)c(Cl)c1)N1CCOCC1. The van der Waals surface area contributed by atoms with Crippen molar-refractivity contribution >= 4 is 23.3 Å². The lowest BCUT2D eigenvalue weighted by atomic mass is 10.2. The summed E-state index contributed by atoms with van der Waals surface area (Å²) in [5.74, 6) is 0.356. The van der Waals surface area contributed by atoms with Crippen LogP contribution in [0.15, 0.2) is 55.0 Å². The maximum absolute atomic E-state index is 14.4. The fraction of sp³-hybridized carbons (Fsp3) is 0.227. The number of nitrogens with one attached hydrogen (secondary N) is 1. The van der Waals surface area contributed by atoms with Crippen LogP contribution in [0, 0.1) is 5.82 Å². The Morgan fingerprint density at radius 2 is 2.06 bits per heavy atom. The summed E-state index contributed by atoms with van der Waals surface area (Å²) in [6.45, 7) is 2.43. The lowest BCUT2D eigenvalue weighted by molar-refractivity contribution is 0.0302. The standard InChI is InChI=1S/C22H20ClFN4O3/c23-18-11-16(22(29)28-6-8-30-9-7-28)13-27-21(18)26-12-15-3-4-20(19(24)10-15)31-17-2-1-5-25-14-17/h1-5,10-11,13-14H,6-9,12H2,(H,26,27). The number of pyridine rings is 2. The van der Waals surface area contributed by atoms with Crippen LogP contribution in [-0.2, 0) is 11.3 Å². The van der Waals surface area contributed by atoms with Gasteiger partial charge in [-0.3, -0.25) is 9.78 Å². The number of halogens is 2. The summed E-state index contributed by atoms with van der Waals surface area (Å²) >= 11 is 6.30. The Kier molecular flexibility index (Phi) is 6.59. The largest absolute Gasteiger partial charge is 0.453 e. The van der Waals surface area contributed by atoms with Crippen molar-refractivity contribution in [2.45, 2.75) is 6.54 Å². The van der Waals surface area contributed by atoms with Crippen LogP contribution >= 0.6 is 11.6 Å². The van der Waals surface area contributed by atoms with Crippen LogP contribution in [0.2, 0.25) is 5.02 Å². The summed E-state index contributed by atoms with van der Waals surface area (Å²) in [4.78, 5) is 22.4. The van der Waals surface area contributed by atoms with Crippen LogP contribution < -0.4 is 10.1 Å². The minimum Gasteiger partial charge on any atom is -0.453 e. The van der Waals surface area contributed by atoms with Crippen LogP contribution in [0.1, 0.15) is 15.9 Å². The molecule has 1 aromatic carbocycles. The topological polar surface area (TPSA) is 76.6 Å². The molecule has 7 nitrogen and oxygen atoms in total. The Bertz CT molecular complexity index is 1060. The molecule has 1 saturated heterocycles. The summed E-state index contributed by atoms with van der Waals surface area (Å²) in [5, 5.41) is 3.38. The first kappa shape index (κ1) is 21.0. The van der Waals surface area contributed by atoms with Crippen LogP contribution in [0.25, 0.3) is 0 Å². The van der Waals surface area contributed by atoms with Gasteiger partial charge in [-0.25, -0.2) is 9.37 Å². The number of benzene rings is 1. The number of carbonyl (C=O) groups excluding carboxylic acids is 1. The second-order valence-corrected chi connectivity index (χ2v) is 7.28. The van der Waals surface area contributed by atoms with Gasteiger partial charge in [0, 0.05) is 32.0 Å². The van der Waals surface area contributed by atoms with Crippen molar-refractivity contribution in [3.05, 3.63) is 77.0 Å². The third kappa shape index (κ3) is 5.28. The van der Waals surface area contributed by atoms with Gasteiger partial charge < -0.3 is 19.7 Å². The number of rotatable bonds is 6. The molecule has 9 heteroatoms. The van der Waals surface area contributed by atoms with Crippen molar-refractivity contribution in [1.29, 1.82) is 0 Å². The first-order valence-corrected chi connectivity index (χ1v) is 10.1. The molecule has 0 bridgehead atoms. The second kappa shape index (κ2) is 9.72. The number of aromatic nitrogens is 2. The number of morpholine rings is 1. The van der Waals surface area contributed by atoms with Crippen LogP contribution in [-0.4, -0.2) is 47.1 Å². The van der Waals surface area contributed by atoms with Crippen molar-refractivity contribution in [2.75, 3.05) is 31.6 Å². The highest BCUT2D eigenvalue weighted by Crippen LogP contribution is 2.26. The quantitative estimate of drug-likeness (QED) is 0.618. The van der Waals surface area contributed by atoms with Crippen molar-refractivity contribution in [3.63, 3.8) is 0 Å². The molecule has 1 fully saturated rings. The third-order valence-corrected chi connectivity index (χ3v) is 4.99. The fourth-order valence-electron chi connectivity index (χ4n) is 3.09. The van der Waals surface area contributed by atoms with Gasteiger partial charge in [0.1, 0.15) is 11.6 Å². The van der Waals surface area contributed by atoms with E-state index in [1.165, 1.54) is 18.5 Å². The molecule has 31 heavy (non-hydrogen) atoms. The van der Waals surface area contributed by atoms with Crippen LogP contribution in [0.5, 0.6) is 11.5 Å². The molecule has 0 unspecified atom stereocenters. The number of amides is 1. The third-order valence-electron chi connectivity index (χ3n) is 4.70. The van der Waals surface area contributed by atoms with Gasteiger partial charge >= 0.3 is 0 Å². The first-order chi connectivity index (χ1) is 15.1. The fourth-order valence-corrected chi connectivity index (χ4v) is 3.32. The summed E-state index contributed by atoms with van der Waals surface area (Å²) in [6, 6.07) is 9.67. The van der Waals surface area contributed by atoms with Gasteiger partial charge in [-0.15, -0.1) is 0 Å². The number of anilines is 1. The Hall–Kier alpha value is -3.23. The van der Waals surface area contributed by atoms with Gasteiger partial charge in [-0.05, 0) is 35.9 Å². The van der Waals surface area contributed by atoms with E-state index in [4.69, 9.17) is 21.1 Å². The van der Waals surface area contributed by atoms with Crippen LogP contribution in [0.3, 0.4) is 0 Å². The molecule has 1 aliphatic heterocycles. The minimum absolute atomic E-state index is 0.110. The Morgan fingerprint density at radius 3 is 2.77 bits per heavy atom. The van der Waals surface area contributed by atoms with Gasteiger partial charge in [-0.2, -0.15) is 0 Å². The van der Waals surface area contributed by atoms with Crippen molar-refractivity contribution in [1.82, 2.24) is 14.9 Å². The lowest BCUT2D eigenvalue weighted by Crippen LogP contribution is -2.40. The van der Waals surface area contributed by atoms with Gasteiger partial charge in [0.2, 0.25) is 0 Å². The van der Waals surface area contributed by atoms with E-state index in [-0.39, 0.29) is 11.7 Å². The lowest BCUT2D eigenvalue weighted by Gasteiger charge is -2.26. The molecule has 1 aliphatic rings. The summed E-state index contributed by atoms with van der Waals surface area (Å²) in [6.07, 6.45) is 4.61. The zero-order chi connectivity index (χ0) is 21.6. The van der Waals surface area contributed by atoms with E-state index in [9.17, 15) is 9.18 Å². The average Bonchev–Trinajstić information content (AvgIpc) is 2.80. The van der Waals surface area contributed by atoms with E-state index >= 15 is 0 Å². The second-order valence-electron chi connectivity index (χ2n) is 6.87. The smallest absolute Gasteiger partial charge is 0.255 e. The highest BCUT2D eigenvalue weighted by molar-refractivity contribution is 6.33. The normalized spacial score (nSPS) is 13.7. The van der Waals surface area contributed by atoms with Gasteiger partial charge in [0.05, 0.1) is 30.0 Å². The molecular formula is C22H20ClFN4O3. The molecule has 0 spiro atoms. The van der Waals surface area contributed by atoms with E-state index in [1.54, 1.807) is 41.4 Å². The molecule has 0 radical (unpaired) electrons. The van der Waals surface area contributed by atoms with Gasteiger partial charge in [0.15, 0.2) is 11.6 Å². The van der Waals surface area contributed by atoms with Crippen LogP contribution in [0.4, 0.5) is 10.2 Å². The number of nitrogens with zero attached hydrogens (tertiary/aromatic N) is 3. The zero-order valence-electron chi connectivity index (χ0n) is 16.6. The highest BCUT2D eigenvalue weighted by atomic mass is 35.5. The predicted octanol–water partition coefficient (Wildman–Crippen LogP) is 4.15. The summed E-state index contributed by atoms with van der Waals surface area (Å²) < 4.78 is 25.2. The minimum atomic E-state index is -0.492. The maximum Gasteiger partial charge on any atom is 0.255 e. The van der Waals surface area contributed by atoms with E-state index in [0.29, 0.717) is 60.6 Å². The zero-order valence-corrected chi connectivity index (χ0v) is 17.3. The Labute approximate surface area is 183 Å². The van der Waals surface area contributed by atoms with E-state index in [1.807, 2.05) is 0 Å². The molecule has 160 valence electrons. The van der Waals surface area contributed by atoms with E-state index in [0.717, 1.165) is 0 Å². The number of carbonyl (C=O) groups is 1. The molecule has 4 rings (SSSR count). The van der Waals surface area contributed by atoms with Gasteiger partial charge in [-0.1, -0.05) is 17.7 Å². The van der Waals surface area contributed by atoms with E-state index < -0.39 is 5.82 Å². The molecule has 1 N–H and O–H groups in total. The molecule has 3 aromatic rings. The number of hydrogen-bond acceptors (Lipinski definition) is 6. The molecule has 0 atom stereocenters. The monoisotopic (exact) mass is 442 g/mol. The average molecular weight is 443 g/mol. The number of hydrogen-bond donors (Lipinski definition) is 1. The maximum atomic E-state index is 14.4. The summed E-state index contributed by atoms with van der Waals surface area (Å²) in [5.41, 5.74) is 1.10. The molecule has 3 heterocycles. The first-order valence-electron chi connectivity index (χ1n) is 9.73. The Balaban J connectivity index is 1.38. The summed E-state index contributed by atoms with van der Waals surface area (Å²) in [7, 11) is 0. The molecular weight excluding hydrogens is 423 g/mol. The highest BCUT2D eigenvalue weighted by Gasteiger charge is 2.19. The molecule has 0 saturated carbocycles. The molecule has 0 aliphatic carbocycles. The predicted molar refractivity (Wildman–Crippen MR) is 114 cm³/mol. The molecule has 2 aromatic heterocycles. The molecule has 1 amide bonds. The van der Waals surface area contributed by atoms with E-state index in [2.05, 4.69) is 15.3 Å². The van der Waals surface area contributed by atoms with Crippen molar-refractivity contribution in [3.8, 4) is 11.5 Å². The van der Waals surface area contributed by atoms with Crippen molar-refractivity contribution in [2.24, 2.45) is 0 Å². The number of ether oxygens (including phenoxy) is 2. The Morgan fingerprint density at radius 1 is 1.23 bits per heavy atom. The van der Waals surface area contributed by atoms with Crippen molar-refractivity contribution < 1.29 is 18.7 Å².